The zero-order chi connectivity index (χ0) is 13.7. The molecule has 0 bridgehead atoms. The number of rotatable bonds is 5. The average Bonchev–Trinajstić information content (AvgIpc) is 2.39. The third-order valence-corrected chi connectivity index (χ3v) is 3.14. The Morgan fingerprint density at radius 1 is 1.29 bits per heavy atom. The first kappa shape index (κ1) is 19.5. The number of carbonyl (C=O) groups is 1. The van der Waals surface area contributed by atoms with E-state index in [4.69, 9.17) is 17.3 Å². The van der Waals surface area contributed by atoms with Gasteiger partial charge in [-0.15, -0.1) is 24.8 Å². The zero-order valence-corrected chi connectivity index (χ0v) is 13.4. The highest BCUT2D eigenvalue weighted by atomic mass is 35.5. The van der Waals surface area contributed by atoms with E-state index in [-0.39, 0.29) is 30.9 Å². The smallest absolute Gasteiger partial charge is 0.207 e. The van der Waals surface area contributed by atoms with Crippen molar-refractivity contribution in [2.45, 2.75) is 12.5 Å². The maximum atomic E-state index is 10.8. The second-order valence-electron chi connectivity index (χ2n) is 4.14. The van der Waals surface area contributed by atoms with Crippen molar-refractivity contribution < 1.29 is 4.79 Å². The highest BCUT2D eigenvalue weighted by Gasteiger charge is 2.15. The van der Waals surface area contributed by atoms with Crippen LogP contribution in [0.2, 0.25) is 5.02 Å². The van der Waals surface area contributed by atoms with Gasteiger partial charge in [0.15, 0.2) is 0 Å². The summed E-state index contributed by atoms with van der Waals surface area (Å²) in [7, 11) is 0. The minimum Gasteiger partial charge on any atom is -0.399 e. The molecular formula is C14H16Cl3N3O. The van der Waals surface area contributed by atoms with Crippen LogP contribution < -0.4 is 11.1 Å². The monoisotopic (exact) mass is 347 g/mol. The molecule has 0 aliphatic carbocycles. The molecule has 1 atom stereocenters. The second-order valence-corrected chi connectivity index (χ2v) is 4.55. The summed E-state index contributed by atoms with van der Waals surface area (Å²) in [6.45, 7) is 0. The number of halogens is 3. The molecule has 2 rings (SSSR count). The Labute approximate surface area is 140 Å². The van der Waals surface area contributed by atoms with E-state index in [2.05, 4.69) is 10.3 Å². The van der Waals surface area contributed by atoms with Crippen LogP contribution >= 0.6 is 36.4 Å². The van der Waals surface area contributed by atoms with Gasteiger partial charge in [0, 0.05) is 29.0 Å². The van der Waals surface area contributed by atoms with Gasteiger partial charge >= 0.3 is 0 Å². The standard InChI is InChI=1S/C14H14ClN3O.2ClH/c15-13-7-10(16)4-5-12(13)14(18-9-19)8-11-3-1-2-6-17-11;;/h1-7,9,14H,8,16H2,(H,18,19);2*1H. The molecule has 0 radical (unpaired) electrons. The average molecular weight is 349 g/mol. The molecule has 1 aromatic carbocycles. The number of amides is 1. The summed E-state index contributed by atoms with van der Waals surface area (Å²) in [6, 6.07) is 10.7. The van der Waals surface area contributed by atoms with Crippen LogP contribution in [-0.4, -0.2) is 11.4 Å². The lowest BCUT2D eigenvalue weighted by Crippen LogP contribution is -2.22. The Morgan fingerprint density at radius 3 is 2.62 bits per heavy atom. The van der Waals surface area contributed by atoms with E-state index in [1.807, 2.05) is 24.3 Å². The molecule has 1 amide bonds. The number of pyridine rings is 1. The summed E-state index contributed by atoms with van der Waals surface area (Å²) in [4.78, 5) is 15.0. The van der Waals surface area contributed by atoms with Gasteiger partial charge in [-0.05, 0) is 29.8 Å². The minimum atomic E-state index is -0.222. The van der Waals surface area contributed by atoms with Gasteiger partial charge in [0.25, 0.3) is 0 Å². The molecule has 0 fully saturated rings. The number of nitrogens with zero attached hydrogens (tertiary/aromatic N) is 1. The van der Waals surface area contributed by atoms with Crippen LogP contribution in [0.3, 0.4) is 0 Å². The molecule has 3 N–H and O–H groups in total. The first-order valence-electron chi connectivity index (χ1n) is 5.85. The Bertz CT molecular complexity index is 567. The van der Waals surface area contributed by atoms with Crippen molar-refractivity contribution >= 4 is 48.5 Å². The maximum Gasteiger partial charge on any atom is 0.207 e. The van der Waals surface area contributed by atoms with Gasteiger partial charge in [-0.2, -0.15) is 0 Å². The largest absolute Gasteiger partial charge is 0.399 e. The van der Waals surface area contributed by atoms with Gasteiger partial charge in [0.1, 0.15) is 0 Å². The number of hydrogen-bond donors (Lipinski definition) is 2. The van der Waals surface area contributed by atoms with Crippen molar-refractivity contribution in [3.05, 3.63) is 58.9 Å². The second kappa shape index (κ2) is 9.45. The first-order valence-corrected chi connectivity index (χ1v) is 6.23. The van der Waals surface area contributed by atoms with E-state index in [0.29, 0.717) is 23.5 Å². The lowest BCUT2D eigenvalue weighted by atomic mass is 10.0. The Kier molecular flexibility index (Phi) is 8.78. The molecule has 0 saturated heterocycles. The Hall–Kier alpha value is -1.49. The Morgan fingerprint density at radius 2 is 2.05 bits per heavy atom. The molecule has 1 aromatic heterocycles. The fourth-order valence-corrected chi connectivity index (χ4v) is 2.22. The van der Waals surface area contributed by atoms with E-state index in [9.17, 15) is 4.79 Å². The summed E-state index contributed by atoms with van der Waals surface area (Å²) in [5, 5.41) is 3.30. The van der Waals surface area contributed by atoms with Gasteiger partial charge in [0.05, 0.1) is 6.04 Å². The molecule has 0 saturated carbocycles. The van der Waals surface area contributed by atoms with Crippen molar-refractivity contribution in [1.29, 1.82) is 0 Å². The SMILES string of the molecule is Cl.Cl.Nc1ccc(C(Cc2ccccn2)NC=O)c(Cl)c1. The number of aromatic nitrogens is 1. The predicted molar refractivity (Wildman–Crippen MR) is 90.2 cm³/mol. The van der Waals surface area contributed by atoms with E-state index < -0.39 is 0 Å². The van der Waals surface area contributed by atoms with Crippen LogP contribution in [0.5, 0.6) is 0 Å². The van der Waals surface area contributed by atoms with E-state index in [0.717, 1.165) is 11.3 Å². The molecule has 1 heterocycles. The topological polar surface area (TPSA) is 68.0 Å². The fourth-order valence-electron chi connectivity index (χ4n) is 1.89. The summed E-state index contributed by atoms with van der Waals surface area (Å²) < 4.78 is 0. The van der Waals surface area contributed by atoms with Crippen molar-refractivity contribution in [3.63, 3.8) is 0 Å². The summed E-state index contributed by atoms with van der Waals surface area (Å²) in [5.74, 6) is 0. The van der Waals surface area contributed by atoms with Crippen molar-refractivity contribution in [2.75, 3.05) is 5.73 Å². The third kappa shape index (κ3) is 5.42. The number of nitrogen functional groups attached to an aromatic ring is 1. The predicted octanol–water partition coefficient (Wildman–Crippen LogP) is 3.19. The van der Waals surface area contributed by atoms with Crippen LogP contribution in [0.4, 0.5) is 5.69 Å². The molecule has 0 aliphatic heterocycles. The fraction of sp³-hybridized carbons (Fsp3) is 0.143. The highest BCUT2D eigenvalue weighted by Crippen LogP contribution is 2.27. The molecular weight excluding hydrogens is 333 g/mol. The molecule has 21 heavy (non-hydrogen) atoms. The molecule has 1 unspecified atom stereocenters. The lowest BCUT2D eigenvalue weighted by Gasteiger charge is -2.17. The number of carbonyl (C=O) groups excluding carboxylic acids is 1. The maximum absolute atomic E-state index is 10.8. The number of nitrogens with one attached hydrogen (secondary N) is 1. The number of nitrogens with two attached hydrogens (primary N) is 1. The molecule has 0 spiro atoms. The molecule has 2 aromatic rings. The molecule has 0 aliphatic rings. The number of anilines is 1. The first-order chi connectivity index (χ1) is 9.20. The van der Waals surface area contributed by atoms with Crippen LogP contribution in [0, 0.1) is 0 Å². The van der Waals surface area contributed by atoms with Crippen molar-refractivity contribution in [1.82, 2.24) is 10.3 Å². The van der Waals surface area contributed by atoms with Gasteiger partial charge in [-0.25, -0.2) is 0 Å². The van der Waals surface area contributed by atoms with Gasteiger partial charge < -0.3 is 11.1 Å². The van der Waals surface area contributed by atoms with Gasteiger partial charge in [-0.3, -0.25) is 9.78 Å². The number of benzene rings is 1. The summed E-state index contributed by atoms with van der Waals surface area (Å²) in [6.07, 6.45) is 2.96. The minimum absolute atomic E-state index is 0. The van der Waals surface area contributed by atoms with Gasteiger partial charge in [-0.1, -0.05) is 23.7 Å². The zero-order valence-electron chi connectivity index (χ0n) is 11.0. The van der Waals surface area contributed by atoms with Crippen LogP contribution in [0.15, 0.2) is 42.6 Å². The highest BCUT2D eigenvalue weighted by molar-refractivity contribution is 6.31. The summed E-state index contributed by atoms with van der Waals surface area (Å²) in [5.41, 5.74) is 7.97. The Balaban J connectivity index is 0.00000200. The molecule has 4 nitrogen and oxygen atoms in total. The van der Waals surface area contributed by atoms with E-state index >= 15 is 0 Å². The quantitative estimate of drug-likeness (QED) is 0.644. The van der Waals surface area contributed by atoms with Crippen molar-refractivity contribution in [2.24, 2.45) is 0 Å². The number of hydrogen-bond acceptors (Lipinski definition) is 3. The third-order valence-electron chi connectivity index (χ3n) is 2.81. The summed E-state index contributed by atoms with van der Waals surface area (Å²) >= 11 is 6.17. The van der Waals surface area contributed by atoms with Crippen LogP contribution in [0.25, 0.3) is 0 Å². The van der Waals surface area contributed by atoms with E-state index in [1.165, 1.54) is 0 Å². The molecule has 114 valence electrons. The molecule has 7 heteroatoms. The van der Waals surface area contributed by atoms with Crippen LogP contribution in [-0.2, 0) is 11.2 Å². The van der Waals surface area contributed by atoms with Crippen molar-refractivity contribution in [3.8, 4) is 0 Å². The van der Waals surface area contributed by atoms with Crippen LogP contribution in [0.1, 0.15) is 17.3 Å². The lowest BCUT2D eigenvalue weighted by molar-refractivity contribution is -0.110. The normalized spacial score (nSPS) is 10.7. The van der Waals surface area contributed by atoms with Gasteiger partial charge in [0.2, 0.25) is 6.41 Å². The van der Waals surface area contributed by atoms with E-state index in [1.54, 1.807) is 18.3 Å².